The Morgan fingerprint density at radius 1 is 0.909 bits per heavy atom. The van der Waals surface area contributed by atoms with Crippen LogP contribution in [-0.4, -0.2) is 23.0 Å². The van der Waals surface area contributed by atoms with Gasteiger partial charge >= 0.3 is 0 Å². The molecule has 0 bridgehead atoms. The van der Waals surface area contributed by atoms with Crippen LogP contribution in [0.3, 0.4) is 0 Å². The molecule has 0 aromatic heterocycles. The molecular weight excluding hydrogens is 441 g/mol. The quantitative estimate of drug-likeness (QED) is 0.408. The van der Waals surface area contributed by atoms with E-state index in [1.54, 1.807) is 48.5 Å². The second-order valence-corrected chi connectivity index (χ2v) is 7.72. The molecule has 0 radical (unpaired) electrons. The molecule has 0 fully saturated rings. The van der Waals surface area contributed by atoms with Crippen molar-refractivity contribution >= 4 is 40.5 Å². The molecule has 3 aromatic rings. The van der Waals surface area contributed by atoms with Crippen LogP contribution < -0.4 is 20.7 Å². The SMILES string of the molecule is CCC(C)Oc1cccc(C(=O)NC(=S)Nc2cccc(C(=O)Nc3ccc(F)cc3)c2)c1. The zero-order valence-electron chi connectivity index (χ0n) is 18.2. The van der Waals surface area contributed by atoms with Crippen LogP contribution in [0.2, 0.25) is 0 Å². The fourth-order valence-electron chi connectivity index (χ4n) is 2.84. The van der Waals surface area contributed by atoms with Gasteiger partial charge in [-0.15, -0.1) is 0 Å². The molecule has 33 heavy (non-hydrogen) atoms. The lowest BCUT2D eigenvalue weighted by Crippen LogP contribution is -2.34. The monoisotopic (exact) mass is 465 g/mol. The highest BCUT2D eigenvalue weighted by Gasteiger charge is 2.12. The minimum atomic E-state index is -0.385. The molecule has 6 nitrogen and oxygen atoms in total. The molecule has 0 spiro atoms. The van der Waals surface area contributed by atoms with Crippen LogP contribution in [0.1, 0.15) is 41.0 Å². The number of amides is 2. The van der Waals surface area contributed by atoms with Gasteiger partial charge in [-0.05, 0) is 86.2 Å². The number of anilines is 2. The normalized spacial score (nSPS) is 11.2. The van der Waals surface area contributed by atoms with Gasteiger partial charge in [-0.1, -0.05) is 19.1 Å². The van der Waals surface area contributed by atoms with Crippen molar-refractivity contribution in [3.05, 3.63) is 89.7 Å². The molecule has 0 heterocycles. The first kappa shape index (κ1) is 23.9. The molecule has 1 unspecified atom stereocenters. The van der Waals surface area contributed by atoms with E-state index in [4.69, 9.17) is 17.0 Å². The second-order valence-electron chi connectivity index (χ2n) is 7.31. The zero-order valence-corrected chi connectivity index (χ0v) is 19.0. The van der Waals surface area contributed by atoms with E-state index in [1.165, 1.54) is 24.3 Å². The van der Waals surface area contributed by atoms with E-state index in [0.29, 0.717) is 28.3 Å². The maximum Gasteiger partial charge on any atom is 0.257 e. The first-order valence-electron chi connectivity index (χ1n) is 10.4. The predicted octanol–water partition coefficient (Wildman–Crippen LogP) is 5.38. The fraction of sp³-hybridized carbons (Fsp3) is 0.160. The summed E-state index contributed by atoms with van der Waals surface area (Å²) in [5.74, 6) is -0.522. The summed E-state index contributed by atoms with van der Waals surface area (Å²) in [6.45, 7) is 3.98. The number of hydrogen-bond donors (Lipinski definition) is 3. The van der Waals surface area contributed by atoms with Crippen molar-refractivity contribution in [2.24, 2.45) is 0 Å². The number of thiocarbonyl (C=S) groups is 1. The van der Waals surface area contributed by atoms with Crippen molar-refractivity contribution < 1.29 is 18.7 Å². The van der Waals surface area contributed by atoms with Crippen LogP contribution in [0, 0.1) is 5.82 Å². The van der Waals surface area contributed by atoms with Crippen LogP contribution in [-0.2, 0) is 0 Å². The number of carbonyl (C=O) groups is 2. The minimum Gasteiger partial charge on any atom is -0.491 e. The average molecular weight is 466 g/mol. The molecular formula is C25H24FN3O3S. The summed E-state index contributed by atoms with van der Waals surface area (Å²) in [4.78, 5) is 25.1. The molecule has 1 atom stereocenters. The van der Waals surface area contributed by atoms with Gasteiger partial charge in [0.2, 0.25) is 0 Å². The lowest BCUT2D eigenvalue weighted by atomic mass is 10.2. The van der Waals surface area contributed by atoms with Gasteiger partial charge in [-0.3, -0.25) is 14.9 Å². The Balaban J connectivity index is 1.60. The van der Waals surface area contributed by atoms with Crippen LogP contribution >= 0.6 is 12.2 Å². The maximum absolute atomic E-state index is 13.0. The number of halogens is 1. The number of ether oxygens (including phenoxy) is 1. The van der Waals surface area contributed by atoms with Crippen molar-refractivity contribution in [2.45, 2.75) is 26.4 Å². The number of benzene rings is 3. The summed E-state index contributed by atoms with van der Waals surface area (Å²) >= 11 is 5.25. The fourth-order valence-corrected chi connectivity index (χ4v) is 3.05. The van der Waals surface area contributed by atoms with Gasteiger partial charge in [0.05, 0.1) is 6.10 Å². The van der Waals surface area contributed by atoms with E-state index in [9.17, 15) is 14.0 Å². The predicted molar refractivity (Wildman–Crippen MR) is 131 cm³/mol. The number of hydrogen-bond acceptors (Lipinski definition) is 4. The lowest BCUT2D eigenvalue weighted by molar-refractivity contribution is 0.0975. The summed E-state index contributed by atoms with van der Waals surface area (Å²) in [5.41, 5.74) is 1.78. The van der Waals surface area contributed by atoms with Crippen molar-refractivity contribution in [1.82, 2.24) is 5.32 Å². The van der Waals surface area contributed by atoms with Crippen LogP contribution in [0.5, 0.6) is 5.75 Å². The molecule has 2 amide bonds. The third-order valence-corrected chi connectivity index (χ3v) is 4.92. The van der Waals surface area contributed by atoms with Crippen molar-refractivity contribution in [3.63, 3.8) is 0 Å². The van der Waals surface area contributed by atoms with E-state index in [1.807, 2.05) is 13.8 Å². The Hall–Kier alpha value is -3.78. The van der Waals surface area contributed by atoms with Crippen LogP contribution in [0.4, 0.5) is 15.8 Å². The largest absolute Gasteiger partial charge is 0.491 e. The highest BCUT2D eigenvalue weighted by molar-refractivity contribution is 7.80. The Kier molecular flexibility index (Phi) is 8.10. The topological polar surface area (TPSA) is 79.5 Å². The first-order valence-corrected chi connectivity index (χ1v) is 10.8. The van der Waals surface area contributed by atoms with E-state index >= 15 is 0 Å². The van der Waals surface area contributed by atoms with Gasteiger partial charge in [0.25, 0.3) is 11.8 Å². The summed E-state index contributed by atoms with van der Waals surface area (Å²) in [5, 5.41) is 8.31. The smallest absolute Gasteiger partial charge is 0.257 e. The van der Waals surface area contributed by atoms with Crippen LogP contribution in [0.15, 0.2) is 72.8 Å². The molecule has 8 heteroatoms. The van der Waals surface area contributed by atoms with Gasteiger partial charge in [-0.2, -0.15) is 0 Å². The van der Waals surface area contributed by atoms with Crippen molar-refractivity contribution in [1.29, 1.82) is 0 Å². The van der Waals surface area contributed by atoms with Crippen LogP contribution in [0.25, 0.3) is 0 Å². The third-order valence-electron chi connectivity index (χ3n) is 4.72. The molecule has 0 aliphatic rings. The summed E-state index contributed by atoms with van der Waals surface area (Å²) < 4.78 is 18.8. The maximum atomic E-state index is 13.0. The van der Waals surface area contributed by atoms with Gasteiger partial charge < -0.3 is 15.4 Å². The molecule has 0 saturated carbocycles. The number of nitrogens with one attached hydrogen (secondary N) is 3. The van der Waals surface area contributed by atoms with E-state index < -0.39 is 0 Å². The highest BCUT2D eigenvalue weighted by Crippen LogP contribution is 2.17. The third kappa shape index (κ3) is 7.11. The number of rotatable bonds is 7. The summed E-state index contributed by atoms with van der Waals surface area (Å²) in [6.07, 6.45) is 0.893. The number of carbonyl (C=O) groups excluding carboxylic acids is 2. The molecule has 3 N–H and O–H groups in total. The average Bonchev–Trinajstić information content (AvgIpc) is 2.80. The Morgan fingerprint density at radius 3 is 2.27 bits per heavy atom. The zero-order chi connectivity index (χ0) is 23.8. The van der Waals surface area contributed by atoms with Gasteiger partial charge in [0, 0.05) is 22.5 Å². The summed E-state index contributed by atoms with van der Waals surface area (Å²) in [7, 11) is 0. The highest BCUT2D eigenvalue weighted by atomic mass is 32.1. The Labute approximate surface area is 197 Å². The van der Waals surface area contributed by atoms with Gasteiger partial charge in [-0.25, -0.2) is 4.39 Å². The molecule has 3 rings (SSSR count). The van der Waals surface area contributed by atoms with E-state index in [0.717, 1.165) is 6.42 Å². The standard InChI is InChI=1S/C25H24FN3O3S/c1-3-16(2)32-22-9-5-7-18(15-22)24(31)29-25(33)28-21-8-4-6-17(14-21)23(30)27-20-12-10-19(26)11-13-20/h4-16H,3H2,1-2H3,(H,27,30)(H2,28,29,31,33). The molecule has 0 aliphatic carbocycles. The Morgan fingerprint density at radius 2 is 1.58 bits per heavy atom. The van der Waals surface area contributed by atoms with Gasteiger partial charge in [0.15, 0.2) is 5.11 Å². The molecule has 170 valence electrons. The second kappa shape index (κ2) is 11.2. The van der Waals surface area contributed by atoms with Crippen molar-refractivity contribution in [2.75, 3.05) is 10.6 Å². The first-order chi connectivity index (χ1) is 15.8. The molecule has 0 saturated heterocycles. The minimum absolute atomic E-state index is 0.0404. The molecule has 0 aliphatic heterocycles. The Bertz CT molecular complexity index is 1150. The van der Waals surface area contributed by atoms with Crippen molar-refractivity contribution in [3.8, 4) is 5.75 Å². The van der Waals surface area contributed by atoms with Gasteiger partial charge in [0.1, 0.15) is 11.6 Å². The van der Waals surface area contributed by atoms with E-state index in [2.05, 4.69) is 16.0 Å². The summed E-state index contributed by atoms with van der Waals surface area (Å²) in [6, 6.07) is 19.0. The molecule has 3 aromatic carbocycles. The van der Waals surface area contributed by atoms with E-state index in [-0.39, 0.29) is 28.8 Å². The lowest BCUT2D eigenvalue weighted by Gasteiger charge is -2.14.